The van der Waals surface area contributed by atoms with Crippen LogP contribution < -0.4 is 15.6 Å². The van der Waals surface area contributed by atoms with E-state index >= 15 is 0 Å². The topological polar surface area (TPSA) is 102 Å². The van der Waals surface area contributed by atoms with E-state index in [4.69, 9.17) is 4.74 Å². The zero-order valence-corrected chi connectivity index (χ0v) is 17.6. The van der Waals surface area contributed by atoms with E-state index in [9.17, 15) is 18.4 Å². The molecule has 0 spiro atoms. The molecule has 1 amide bonds. The number of carbonyl (C=O) groups excluding carboxylic acids is 1. The molecule has 0 aliphatic heterocycles. The minimum atomic E-state index is -1.06. The van der Waals surface area contributed by atoms with Crippen LogP contribution in [0.3, 0.4) is 0 Å². The fourth-order valence-electron chi connectivity index (χ4n) is 2.96. The molecule has 164 valence electrons. The van der Waals surface area contributed by atoms with Crippen LogP contribution in [0.5, 0.6) is 5.75 Å². The molecule has 0 unspecified atom stereocenters. The lowest BCUT2D eigenvalue weighted by Gasteiger charge is -2.13. The van der Waals surface area contributed by atoms with Gasteiger partial charge in [0.05, 0.1) is 24.2 Å². The van der Waals surface area contributed by atoms with Gasteiger partial charge in [-0.25, -0.2) is 13.8 Å². The molecule has 0 fully saturated rings. The van der Waals surface area contributed by atoms with Crippen molar-refractivity contribution in [2.75, 3.05) is 17.7 Å². The van der Waals surface area contributed by atoms with Crippen molar-refractivity contribution in [2.45, 2.75) is 12.1 Å². The second-order valence-corrected chi connectivity index (χ2v) is 7.50. The first kappa shape index (κ1) is 21.5. The minimum absolute atomic E-state index is 0.121. The molecule has 0 radical (unpaired) electrons. The highest BCUT2D eigenvalue weighted by Crippen LogP contribution is 2.23. The number of amides is 1. The number of carbonyl (C=O) groups is 1. The number of aromatic nitrogens is 4. The predicted octanol–water partition coefficient (Wildman–Crippen LogP) is 3.52. The maximum Gasteiger partial charge on any atom is 0.269 e. The highest BCUT2D eigenvalue weighted by Gasteiger charge is 2.16. The highest BCUT2D eigenvalue weighted by atomic mass is 32.2. The highest BCUT2D eigenvalue weighted by molar-refractivity contribution is 7.99. The fourth-order valence-corrected chi connectivity index (χ4v) is 3.76. The number of thioether (sulfide) groups is 1. The van der Waals surface area contributed by atoms with Gasteiger partial charge < -0.3 is 10.1 Å². The van der Waals surface area contributed by atoms with Crippen molar-refractivity contribution in [1.29, 1.82) is 0 Å². The number of anilines is 1. The number of fused-ring (bicyclic) bond motifs is 1. The molecule has 4 rings (SSSR count). The summed E-state index contributed by atoms with van der Waals surface area (Å²) in [6.45, 7) is 2.38. The maximum atomic E-state index is 13.4. The lowest BCUT2D eigenvalue weighted by Crippen LogP contribution is -2.22. The van der Waals surface area contributed by atoms with E-state index in [1.54, 1.807) is 24.3 Å². The van der Waals surface area contributed by atoms with Gasteiger partial charge in [0, 0.05) is 11.8 Å². The van der Waals surface area contributed by atoms with Gasteiger partial charge in [0.2, 0.25) is 5.91 Å². The molecule has 2 aromatic carbocycles. The third-order valence-corrected chi connectivity index (χ3v) is 5.33. The quantitative estimate of drug-likeness (QED) is 0.325. The Morgan fingerprint density at radius 3 is 2.69 bits per heavy atom. The van der Waals surface area contributed by atoms with E-state index in [1.807, 2.05) is 6.92 Å². The average molecular weight is 457 g/mol. The van der Waals surface area contributed by atoms with Gasteiger partial charge >= 0.3 is 0 Å². The van der Waals surface area contributed by atoms with Crippen LogP contribution in [0, 0.1) is 11.6 Å². The Morgan fingerprint density at radius 2 is 1.97 bits per heavy atom. The van der Waals surface area contributed by atoms with E-state index in [0.717, 1.165) is 23.9 Å². The van der Waals surface area contributed by atoms with E-state index in [0.29, 0.717) is 29.1 Å². The van der Waals surface area contributed by atoms with Crippen LogP contribution in [-0.2, 0) is 4.79 Å². The number of nitrogens with one attached hydrogen (secondary N) is 2. The summed E-state index contributed by atoms with van der Waals surface area (Å²) in [7, 11) is 0. The van der Waals surface area contributed by atoms with Gasteiger partial charge in [0.15, 0.2) is 22.4 Å². The molecule has 0 aliphatic rings. The summed E-state index contributed by atoms with van der Waals surface area (Å²) in [4.78, 5) is 29.8. The second-order valence-electron chi connectivity index (χ2n) is 6.56. The average Bonchev–Trinajstić information content (AvgIpc) is 3.25. The normalized spacial score (nSPS) is 11.0. The van der Waals surface area contributed by atoms with E-state index in [1.165, 1.54) is 16.8 Å². The molecule has 0 saturated carbocycles. The number of H-pyrrole nitrogens is 1. The third-order valence-electron chi connectivity index (χ3n) is 4.39. The molecule has 0 atom stereocenters. The number of hydrogen-bond acceptors (Lipinski definition) is 6. The van der Waals surface area contributed by atoms with Crippen molar-refractivity contribution in [3.8, 4) is 11.4 Å². The van der Waals surface area contributed by atoms with Gasteiger partial charge in [-0.1, -0.05) is 11.8 Å². The minimum Gasteiger partial charge on any atom is -0.494 e. The molecule has 4 aromatic rings. The van der Waals surface area contributed by atoms with Crippen molar-refractivity contribution in [3.63, 3.8) is 0 Å². The Hall–Kier alpha value is -3.73. The summed E-state index contributed by atoms with van der Waals surface area (Å²) in [6, 6.07) is 9.96. The molecule has 8 nitrogen and oxygen atoms in total. The van der Waals surface area contributed by atoms with E-state index in [2.05, 4.69) is 20.5 Å². The van der Waals surface area contributed by atoms with Gasteiger partial charge in [-0.05, 0) is 43.3 Å². The van der Waals surface area contributed by atoms with Crippen molar-refractivity contribution in [3.05, 3.63) is 70.6 Å². The van der Waals surface area contributed by atoms with Gasteiger partial charge in [-0.3, -0.25) is 19.3 Å². The van der Waals surface area contributed by atoms with Crippen LogP contribution in [0.4, 0.5) is 14.5 Å². The van der Waals surface area contributed by atoms with Crippen molar-refractivity contribution < 1.29 is 18.3 Å². The number of aromatic amines is 1. The summed E-state index contributed by atoms with van der Waals surface area (Å²) in [5.41, 5.74) is 0.602. The first-order valence-electron chi connectivity index (χ1n) is 9.53. The Balaban J connectivity index is 1.61. The van der Waals surface area contributed by atoms with Crippen LogP contribution in [0.1, 0.15) is 6.92 Å². The fraction of sp³-hybridized carbons (Fsp3) is 0.143. The molecule has 2 heterocycles. The van der Waals surface area contributed by atoms with E-state index < -0.39 is 17.5 Å². The first-order chi connectivity index (χ1) is 15.5. The number of ether oxygens (including phenoxy) is 1. The number of nitrogens with zero attached hydrogens (tertiary/aromatic N) is 3. The molecule has 2 aromatic heterocycles. The molecular weight excluding hydrogens is 440 g/mol. The zero-order chi connectivity index (χ0) is 22.7. The largest absolute Gasteiger partial charge is 0.494 e. The summed E-state index contributed by atoms with van der Waals surface area (Å²) in [5.74, 6) is -2.01. The van der Waals surface area contributed by atoms with Crippen molar-refractivity contribution >= 4 is 34.4 Å². The smallest absolute Gasteiger partial charge is 0.269 e. The third kappa shape index (κ3) is 4.47. The predicted molar refractivity (Wildman–Crippen MR) is 116 cm³/mol. The number of rotatable bonds is 7. The van der Waals surface area contributed by atoms with Gasteiger partial charge in [0.1, 0.15) is 11.1 Å². The lowest BCUT2D eigenvalue weighted by molar-refractivity contribution is -0.113. The number of benzene rings is 2. The standard InChI is InChI=1S/C21H17F2N5O3S/c1-2-31-14-6-4-13(5-7-14)28-20(30)15-10-24-27-19(15)26-21(28)32-11-18(29)25-12-3-8-16(22)17(23)9-12/h3-10H,2,11H2,1H3,(H,24,27)(H,25,29). The van der Waals surface area contributed by atoms with Crippen LogP contribution in [0.15, 0.2) is 58.6 Å². The summed E-state index contributed by atoms with van der Waals surface area (Å²) < 4.78 is 33.2. The molecule has 11 heteroatoms. The van der Waals surface area contributed by atoms with Crippen molar-refractivity contribution in [2.24, 2.45) is 0 Å². The first-order valence-corrected chi connectivity index (χ1v) is 10.5. The van der Waals surface area contributed by atoms with Gasteiger partial charge in [-0.15, -0.1) is 0 Å². The van der Waals surface area contributed by atoms with E-state index in [-0.39, 0.29) is 22.2 Å². The van der Waals surface area contributed by atoms with Crippen molar-refractivity contribution in [1.82, 2.24) is 19.7 Å². The summed E-state index contributed by atoms with van der Waals surface area (Å²) >= 11 is 1.02. The zero-order valence-electron chi connectivity index (χ0n) is 16.8. The Kier molecular flexibility index (Phi) is 6.17. The number of hydrogen-bond donors (Lipinski definition) is 2. The molecule has 0 aliphatic carbocycles. The van der Waals surface area contributed by atoms with Gasteiger partial charge in [0.25, 0.3) is 5.56 Å². The van der Waals surface area contributed by atoms with Crippen LogP contribution in [-0.4, -0.2) is 38.0 Å². The monoisotopic (exact) mass is 457 g/mol. The Bertz CT molecular complexity index is 1340. The molecule has 2 N–H and O–H groups in total. The van der Waals surface area contributed by atoms with Crippen LogP contribution >= 0.6 is 11.8 Å². The molecule has 32 heavy (non-hydrogen) atoms. The Labute approximate surface area is 184 Å². The summed E-state index contributed by atoms with van der Waals surface area (Å²) in [5, 5.41) is 9.58. The van der Waals surface area contributed by atoms with Gasteiger partial charge in [-0.2, -0.15) is 5.10 Å². The molecule has 0 saturated heterocycles. The van der Waals surface area contributed by atoms with Crippen LogP contribution in [0.2, 0.25) is 0 Å². The Morgan fingerprint density at radius 1 is 1.19 bits per heavy atom. The second kappa shape index (κ2) is 9.18. The molecule has 0 bridgehead atoms. The summed E-state index contributed by atoms with van der Waals surface area (Å²) in [6.07, 6.45) is 1.39. The molecular formula is C21H17F2N5O3S. The lowest BCUT2D eigenvalue weighted by atomic mass is 10.3. The van der Waals surface area contributed by atoms with Crippen LogP contribution in [0.25, 0.3) is 16.7 Å². The number of halogens is 2. The maximum absolute atomic E-state index is 13.4. The SMILES string of the molecule is CCOc1ccc(-n2c(SCC(=O)Nc3ccc(F)c(F)c3)nc3[nH]ncc3c2=O)cc1.